The Kier molecular flexibility index (Phi) is 5.75. The molecule has 2 atom stereocenters. The fourth-order valence-electron chi connectivity index (χ4n) is 2.97. The highest BCUT2D eigenvalue weighted by Gasteiger charge is 2.25. The molecule has 0 aromatic rings. The van der Waals surface area contributed by atoms with Gasteiger partial charge in [0.15, 0.2) is 0 Å². The maximum atomic E-state index is 5.82. The number of rotatable bonds is 6. The van der Waals surface area contributed by atoms with Crippen LogP contribution in [-0.2, 0) is 4.74 Å². The number of ether oxygens (including phenoxy) is 1. The molecule has 2 fully saturated rings. The second kappa shape index (κ2) is 7.34. The van der Waals surface area contributed by atoms with Crippen molar-refractivity contribution in [2.24, 2.45) is 5.92 Å². The van der Waals surface area contributed by atoms with Crippen molar-refractivity contribution < 1.29 is 4.74 Å². The van der Waals surface area contributed by atoms with E-state index in [1.807, 2.05) is 0 Å². The monoisotopic (exact) mass is 240 g/mol. The molecule has 0 aliphatic carbocycles. The van der Waals surface area contributed by atoms with Gasteiger partial charge >= 0.3 is 0 Å². The molecule has 0 bridgehead atoms. The molecule has 2 aliphatic heterocycles. The first kappa shape index (κ1) is 13.3. The van der Waals surface area contributed by atoms with Crippen LogP contribution in [0.4, 0.5) is 0 Å². The number of nitrogens with one attached hydrogen (secondary N) is 1. The molecule has 0 aromatic carbocycles. The Labute approximate surface area is 106 Å². The fourth-order valence-corrected chi connectivity index (χ4v) is 2.97. The van der Waals surface area contributed by atoms with Gasteiger partial charge in [-0.25, -0.2) is 0 Å². The molecule has 2 heterocycles. The topological polar surface area (TPSA) is 24.5 Å². The fraction of sp³-hybridized carbons (Fsp3) is 1.00. The summed E-state index contributed by atoms with van der Waals surface area (Å²) in [5.74, 6) is 0.866. The Bertz CT molecular complexity index is 204. The molecule has 2 unspecified atom stereocenters. The van der Waals surface area contributed by atoms with E-state index in [1.54, 1.807) is 0 Å². The second-order valence-electron chi connectivity index (χ2n) is 5.61. The summed E-state index contributed by atoms with van der Waals surface area (Å²) < 4.78 is 5.82. The minimum atomic E-state index is 0.520. The van der Waals surface area contributed by atoms with Gasteiger partial charge in [-0.1, -0.05) is 6.92 Å². The van der Waals surface area contributed by atoms with Crippen LogP contribution < -0.4 is 5.32 Å². The first-order valence-corrected chi connectivity index (χ1v) is 7.43. The lowest BCUT2D eigenvalue weighted by molar-refractivity contribution is -0.00236. The lowest BCUT2D eigenvalue weighted by atomic mass is 10.1. The third kappa shape index (κ3) is 4.57. The van der Waals surface area contributed by atoms with E-state index in [0.29, 0.717) is 6.10 Å². The molecule has 0 aromatic heterocycles. The van der Waals surface area contributed by atoms with Gasteiger partial charge in [-0.15, -0.1) is 0 Å². The minimum absolute atomic E-state index is 0.520. The molecule has 2 rings (SSSR count). The average Bonchev–Trinajstić information content (AvgIpc) is 2.79. The highest BCUT2D eigenvalue weighted by Crippen LogP contribution is 2.19. The van der Waals surface area contributed by atoms with Gasteiger partial charge in [0.05, 0.1) is 6.10 Å². The predicted octanol–water partition coefficient (Wildman–Crippen LogP) is 1.88. The third-order valence-electron chi connectivity index (χ3n) is 3.97. The molecule has 2 saturated heterocycles. The van der Waals surface area contributed by atoms with Gasteiger partial charge in [0.2, 0.25) is 0 Å². The Balaban J connectivity index is 1.60. The van der Waals surface area contributed by atoms with E-state index in [0.717, 1.165) is 12.5 Å². The molecule has 1 N–H and O–H groups in total. The molecular weight excluding hydrogens is 212 g/mol. The minimum Gasteiger partial charge on any atom is -0.377 e. The van der Waals surface area contributed by atoms with Crippen molar-refractivity contribution in [3.05, 3.63) is 0 Å². The molecule has 2 aliphatic rings. The van der Waals surface area contributed by atoms with Crippen molar-refractivity contribution in [2.75, 3.05) is 39.3 Å². The van der Waals surface area contributed by atoms with Crippen molar-refractivity contribution >= 4 is 0 Å². The standard InChI is InChI=1S/C14H28N2O/c1-2-7-15-10-13-6-8-16(11-13)12-14-5-3-4-9-17-14/h13-15H,2-12H2,1H3. The molecule has 0 spiro atoms. The molecule has 0 radical (unpaired) electrons. The quantitative estimate of drug-likeness (QED) is 0.717. The zero-order valence-corrected chi connectivity index (χ0v) is 11.3. The van der Waals surface area contributed by atoms with E-state index in [1.165, 1.54) is 64.8 Å². The Morgan fingerprint density at radius 1 is 1.29 bits per heavy atom. The predicted molar refractivity (Wildman–Crippen MR) is 71.3 cm³/mol. The van der Waals surface area contributed by atoms with Crippen LogP contribution in [0.1, 0.15) is 39.0 Å². The van der Waals surface area contributed by atoms with Crippen molar-refractivity contribution in [2.45, 2.75) is 45.1 Å². The maximum absolute atomic E-state index is 5.82. The lowest BCUT2D eigenvalue weighted by Gasteiger charge is -2.27. The smallest absolute Gasteiger partial charge is 0.0702 e. The molecule has 0 amide bonds. The highest BCUT2D eigenvalue weighted by atomic mass is 16.5. The second-order valence-corrected chi connectivity index (χ2v) is 5.61. The van der Waals surface area contributed by atoms with Crippen LogP contribution in [-0.4, -0.2) is 50.3 Å². The summed E-state index contributed by atoms with van der Waals surface area (Å²) in [5, 5.41) is 3.54. The largest absolute Gasteiger partial charge is 0.377 e. The van der Waals surface area contributed by atoms with Crippen LogP contribution in [0.25, 0.3) is 0 Å². The highest BCUT2D eigenvalue weighted by molar-refractivity contribution is 4.79. The van der Waals surface area contributed by atoms with Gasteiger partial charge in [0, 0.05) is 19.7 Å². The van der Waals surface area contributed by atoms with E-state index in [-0.39, 0.29) is 0 Å². The molecule has 100 valence electrons. The molecular formula is C14H28N2O. The number of likely N-dealkylation sites (tertiary alicyclic amines) is 1. The van der Waals surface area contributed by atoms with Gasteiger partial charge in [0.1, 0.15) is 0 Å². The van der Waals surface area contributed by atoms with E-state index in [2.05, 4.69) is 17.1 Å². The summed E-state index contributed by atoms with van der Waals surface area (Å²) >= 11 is 0. The van der Waals surface area contributed by atoms with E-state index < -0.39 is 0 Å². The van der Waals surface area contributed by atoms with Crippen molar-refractivity contribution in [3.63, 3.8) is 0 Å². The Morgan fingerprint density at radius 2 is 2.24 bits per heavy atom. The van der Waals surface area contributed by atoms with Crippen molar-refractivity contribution in [1.29, 1.82) is 0 Å². The normalized spacial score (nSPS) is 30.9. The first-order valence-electron chi connectivity index (χ1n) is 7.43. The van der Waals surface area contributed by atoms with E-state index in [4.69, 9.17) is 4.74 Å². The lowest BCUT2D eigenvalue weighted by Crippen LogP contribution is -2.35. The molecule has 3 nitrogen and oxygen atoms in total. The summed E-state index contributed by atoms with van der Waals surface area (Å²) in [4.78, 5) is 2.61. The van der Waals surface area contributed by atoms with Crippen LogP contribution in [0.2, 0.25) is 0 Å². The maximum Gasteiger partial charge on any atom is 0.0702 e. The Hall–Kier alpha value is -0.120. The molecule has 3 heteroatoms. The summed E-state index contributed by atoms with van der Waals surface area (Å²) in [6.45, 7) is 9.31. The first-order chi connectivity index (χ1) is 8.38. The summed E-state index contributed by atoms with van der Waals surface area (Å²) in [5.41, 5.74) is 0. The molecule has 0 saturated carbocycles. The van der Waals surface area contributed by atoms with Crippen LogP contribution in [0.5, 0.6) is 0 Å². The van der Waals surface area contributed by atoms with Crippen LogP contribution >= 0.6 is 0 Å². The van der Waals surface area contributed by atoms with Crippen LogP contribution in [0.3, 0.4) is 0 Å². The summed E-state index contributed by atoms with van der Waals surface area (Å²) in [6.07, 6.45) is 7.02. The van der Waals surface area contributed by atoms with E-state index >= 15 is 0 Å². The summed E-state index contributed by atoms with van der Waals surface area (Å²) in [7, 11) is 0. The van der Waals surface area contributed by atoms with Gasteiger partial charge in [-0.3, -0.25) is 0 Å². The van der Waals surface area contributed by atoms with Gasteiger partial charge in [-0.05, 0) is 57.7 Å². The Morgan fingerprint density at radius 3 is 3.00 bits per heavy atom. The number of hydrogen-bond acceptors (Lipinski definition) is 3. The van der Waals surface area contributed by atoms with Gasteiger partial charge in [0.25, 0.3) is 0 Å². The number of hydrogen-bond donors (Lipinski definition) is 1. The van der Waals surface area contributed by atoms with Crippen molar-refractivity contribution in [3.8, 4) is 0 Å². The SMILES string of the molecule is CCCNCC1CCN(CC2CCCCO2)C1. The summed E-state index contributed by atoms with van der Waals surface area (Å²) in [6, 6.07) is 0. The zero-order valence-electron chi connectivity index (χ0n) is 11.3. The molecule has 17 heavy (non-hydrogen) atoms. The number of nitrogens with zero attached hydrogens (tertiary/aromatic N) is 1. The average molecular weight is 240 g/mol. The zero-order chi connectivity index (χ0) is 11.9. The third-order valence-corrected chi connectivity index (χ3v) is 3.97. The van der Waals surface area contributed by atoms with Gasteiger partial charge < -0.3 is 15.0 Å². The van der Waals surface area contributed by atoms with E-state index in [9.17, 15) is 0 Å². The van der Waals surface area contributed by atoms with Crippen LogP contribution in [0, 0.1) is 5.92 Å². The van der Waals surface area contributed by atoms with Gasteiger partial charge in [-0.2, -0.15) is 0 Å². The van der Waals surface area contributed by atoms with Crippen molar-refractivity contribution in [1.82, 2.24) is 10.2 Å². The van der Waals surface area contributed by atoms with Crippen LogP contribution in [0.15, 0.2) is 0 Å².